The molecule has 0 bridgehead atoms. The van der Waals surface area contributed by atoms with E-state index in [0.29, 0.717) is 13.0 Å². The van der Waals surface area contributed by atoms with Gasteiger partial charge >= 0.3 is 0 Å². The van der Waals surface area contributed by atoms with E-state index >= 15 is 0 Å². The Morgan fingerprint density at radius 3 is 2.60 bits per heavy atom. The monoisotopic (exact) mass is 340 g/mol. The van der Waals surface area contributed by atoms with Gasteiger partial charge in [0.1, 0.15) is 5.75 Å². The summed E-state index contributed by atoms with van der Waals surface area (Å²) < 4.78 is 5.30. The summed E-state index contributed by atoms with van der Waals surface area (Å²) in [5.74, 6) is 0.909. The lowest BCUT2D eigenvalue weighted by Crippen LogP contribution is -2.34. The second-order valence-electron chi connectivity index (χ2n) is 6.55. The number of likely N-dealkylation sites (N-methyl/N-ethyl adjacent to an activating group) is 1. The fraction of sp³-hybridized carbons (Fsp3) is 0.381. The number of benzene rings is 2. The first kappa shape index (κ1) is 19.0. The van der Waals surface area contributed by atoms with Crippen LogP contribution in [0.5, 0.6) is 5.75 Å². The Bertz CT molecular complexity index is 698. The summed E-state index contributed by atoms with van der Waals surface area (Å²) in [7, 11) is 5.70. The zero-order valence-corrected chi connectivity index (χ0v) is 15.6. The van der Waals surface area contributed by atoms with Gasteiger partial charge in [0.2, 0.25) is 5.91 Å². The number of nitrogens with zero attached hydrogens (tertiary/aromatic N) is 1. The summed E-state index contributed by atoms with van der Waals surface area (Å²) in [6.07, 6.45) is 1.26. The highest BCUT2D eigenvalue weighted by molar-refractivity contribution is 5.76. The number of carbonyl (C=O) groups excluding carboxylic acids is 1. The van der Waals surface area contributed by atoms with Gasteiger partial charge in [-0.2, -0.15) is 0 Å². The second-order valence-corrected chi connectivity index (χ2v) is 6.55. The van der Waals surface area contributed by atoms with Gasteiger partial charge in [-0.25, -0.2) is 0 Å². The molecule has 1 N–H and O–H groups in total. The smallest absolute Gasteiger partial charge is 0.220 e. The molecule has 1 amide bonds. The molecule has 4 heteroatoms. The molecule has 0 saturated carbocycles. The van der Waals surface area contributed by atoms with Gasteiger partial charge in [0, 0.05) is 13.0 Å². The van der Waals surface area contributed by atoms with Crippen molar-refractivity contribution < 1.29 is 9.53 Å². The highest BCUT2D eigenvalue weighted by Crippen LogP contribution is 2.22. The van der Waals surface area contributed by atoms with Gasteiger partial charge in [0.05, 0.1) is 13.2 Å². The van der Waals surface area contributed by atoms with E-state index in [1.165, 1.54) is 11.1 Å². The minimum absolute atomic E-state index is 0.0799. The van der Waals surface area contributed by atoms with Gasteiger partial charge in [0.25, 0.3) is 0 Å². The molecule has 2 rings (SSSR count). The third kappa shape index (κ3) is 5.91. The molecule has 0 heterocycles. The van der Waals surface area contributed by atoms with Crippen LogP contribution in [-0.4, -0.2) is 38.6 Å². The summed E-state index contributed by atoms with van der Waals surface area (Å²) in [6, 6.07) is 16.4. The second kappa shape index (κ2) is 9.23. The van der Waals surface area contributed by atoms with E-state index in [9.17, 15) is 4.79 Å². The molecule has 0 aromatic heterocycles. The van der Waals surface area contributed by atoms with Gasteiger partial charge in [-0.05, 0) is 50.7 Å². The van der Waals surface area contributed by atoms with E-state index in [4.69, 9.17) is 4.74 Å². The van der Waals surface area contributed by atoms with Gasteiger partial charge in [-0.3, -0.25) is 4.79 Å². The Morgan fingerprint density at radius 2 is 1.92 bits per heavy atom. The summed E-state index contributed by atoms with van der Waals surface area (Å²) in [4.78, 5) is 14.3. The molecule has 1 atom stereocenters. The predicted molar refractivity (Wildman–Crippen MR) is 102 cm³/mol. The average Bonchev–Trinajstić information content (AvgIpc) is 2.60. The Labute approximate surface area is 150 Å². The average molecular weight is 340 g/mol. The number of rotatable bonds is 8. The molecule has 25 heavy (non-hydrogen) atoms. The molecule has 4 nitrogen and oxygen atoms in total. The molecule has 0 spiro atoms. The minimum atomic E-state index is 0.0799. The number of carbonyl (C=O) groups is 1. The lowest BCUT2D eigenvalue weighted by molar-refractivity contribution is -0.121. The molecule has 0 aliphatic heterocycles. The van der Waals surface area contributed by atoms with Crippen LogP contribution in [0.25, 0.3) is 0 Å². The number of aryl methyl sites for hydroxylation is 2. The van der Waals surface area contributed by atoms with Crippen molar-refractivity contribution in [2.75, 3.05) is 27.7 Å². The fourth-order valence-corrected chi connectivity index (χ4v) is 2.87. The van der Waals surface area contributed by atoms with Crippen LogP contribution in [0.2, 0.25) is 0 Å². The molecule has 0 aliphatic rings. The Balaban J connectivity index is 1.90. The normalized spacial score (nSPS) is 12.0. The van der Waals surface area contributed by atoms with Crippen molar-refractivity contribution in [3.63, 3.8) is 0 Å². The molecule has 0 radical (unpaired) electrons. The number of nitrogens with one attached hydrogen (secondary N) is 1. The third-order valence-electron chi connectivity index (χ3n) is 4.32. The van der Waals surface area contributed by atoms with Crippen molar-refractivity contribution in [3.8, 4) is 5.75 Å². The van der Waals surface area contributed by atoms with Crippen LogP contribution in [-0.2, 0) is 11.2 Å². The summed E-state index contributed by atoms with van der Waals surface area (Å²) in [5.41, 5.74) is 3.55. The summed E-state index contributed by atoms with van der Waals surface area (Å²) >= 11 is 0. The predicted octanol–water partition coefficient (Wildman–Crippen LogP) is 3.36. The maximum atomic E-state index is 12.2. The number of hydrogen-bond acceptors (Lipinski definition) is 3. The molecule has 2 aromatic carbocycles. The van der Waals surface area contributed by atoms with Gasteiger partial charge in [0.15, 0.2) is 0 Å². The number of methoxy groups -OCH3 is 1. The first-order valence-electron chi connectivity index (χ1n) is 8.62. The topological polar surface area (TPSA) is 41.6 Å². The standard InChI is InChI=1S/C21H28N2O2/c1-16-7-5-8-17(13-16)11-12-21(24)22-15-20(23(2)3)18-9-6-10-19(14-18)25-4/h5-10,13-14,20H,11-12,15H2,1-4H3,(H,22,24). The molecule has 134 valence electrons. The van der Waals surface area contributed by atoms with Crippen LogP contribution in [0.15, 0.2) is 48.5 Å². The maximum Gasteiger partial charge on any atom is 0.220 e. The first-order valence-corrected chi connectivity index (χ1v) is 8.62. The lowest BCUT2D eigenvalue weighted by Gasteiger charge is -2.25. The van der Waals surface area contributed by atoms with Crippen molar-refractivity contribution in [2.24, 2.45) is 0 Å². The van der Waals surface area contributed by atoms with Crippen molar-refractivity contribution in [1.29, 1.82) is 0 Å². The van der Waals surface area contributed by atoms with Gasteiger partial charge in [-0.15, -0.1) is 0 Å². The Kier molecular flexibility index (Phi) is 7.02. The van der Waals surface area contributed by atoms with E-state index in [1.807, 2.05) is 38.4 Å². The Hall–Kier alpha value is -2.33. The van der Waals surface area contributed by atoms with Crippen LogP contribution in [0.4, 0.5) is 0 Å². The highest BCUT2D eigenvalue weighted by atomic mass is 16.5. The molecule has 1 unspecified atom stereocenters. The number of amides is 1. The maximum absolute atomic E-state index is 12.2. The van der Waals surface area contributed by atoms with Crippen LogP contribution >= 0.6 is 0 Å². The zero-order valence-electron chi connectivity index (χ0n) is 15.6. The van der Waals surface area contributed by atoms with E-state index in [2.05, 4.69) is 41.4 Å². The molecule has 0 saturated heterocycles. The van der Waals surface area contributed by atoms with E-state index < -0.39 is 0 Å². The largest absolute Gasteiger partial charge is 0.497 e. The quantitative estimate of drug-likeness (QED) is 0.801. The van der Waals surface area contributed by atoms with Crippen molar-refractivity contribution in [1.82, 2.24) is 10.2 Å². The van der Waals surface area contributed by atoms with Crippen LogP contribution in [0, 0.1) is 6.92 Å². The van der Waals surface area contributed by atoms with E-state index in [-0.39, 0.29) is 11.9 Å². The SMILES string of the molecule is COc1cccc(C(CNC(=O)CCc2cccc(C)c2)N(C)C)c1. The minimum Gasteiger partial charge on any atom is -0.497 e. The van der Waals surface area contributed by atoms with Crippen LogP contribution < -0.4 is 10.1 Å². The lowest BCUT2D eigenvalue weighted by atomic mass is 10.0. The highest BCUT2D eigenvalue weighted by Gasteiger charge is 2.16. The summed E-state index contributed by atoms with van der Waals surface area (Å²) in [5, 5.41) is 3.06. The van der Waals surface area contributed by atoms with E-state index in [0.717, 1.165) is 17.7 Å². The fourth-order valence-electron chi connectivity index (χ4n) is 2.87. The summed E-state index contributed by atoms with van der Waals surface area (Å²) in [6.45, 7) is 2.65. The Morgan fingerprint density at radius 1 is 1.16 bits per heavy atom. The van der Waals surface area contributed by atoms with Gasteiger partial charge in [-0.1, -0.05) is 42.0 Å². The van der Waals surface area contributed by atoms with Crippen LogP contribution in [0.1, 0.15) is 29.2 Å². The van der Waals surface area contributed by atoms with Crippen molar-refractivity contribution >= 4 is 5.91 Å². The molecule has 2 aromatic rings. The molecular weight excluding hydrogens is 312 g/mol. The molecule has 0 aliphatic carbocycles. The van der Waals surface area contributed by atoms with Gasteiger partial charge < -0.3 is 15.0 Å². The third-order valence-corrected chi connectivity index (χ3v) is 4.32. The first-order chi connectivity index (χ1) is 12.0. The molecule has 0 fully saturated rings. The molecular formula is C21H28N2O2. The van der Waals surface area contributed by atoms with E-state index in [1.54, 1.807) is 7.11 Å². The zero-order chi connectivity index (χ0) is 18.2. The van der Waals surface area contributed by atoms with Crippen molar-refractivity contribution in [2.45, 2.75) is 25.8 Å². The number of ether oxygens (including phenoxy) is 1. The number of hydrogen-bond donors (Lipinski definition) is 1. The van der Waals surface area contributed by atoms with Crippen molar-refractivity contribution in [3.05, 3.63) is 65.2 Å². The van der Waals surface area contributed by atoms with Crippen LogP contribution in [0.3, 0.4) is 0 Å².